The lowest BCUT2D eigenvalue weighted by Crippen LogP contribution is -2.38. The molecule has 0 bridgehead atoms. The van der Waals surface area contributed by atoms with Crippen molar-refractivity contribution < 1.29 is 17.9 Å². The van der Waals surface area contributed by atoms with Crippen LogP contribution in [-0.2, 0) is 14.8 Å². The van der Waals surface area contributed by atoms with Gasteiger partial charge in [-0.3, -0.25) is 4.79 Å². The van der Waals surface area contributed by atoms with E-state index in [0.717, 1.165) is 37.5 Å². The van der Waals surface area contributed by atoms with E-state index < -0.39 is 21.7 Å². The summed E-state index contributed by atoms with van der Waals surface area (Å²) in [6.45, 7) is 2.85. The van der Waals surface area contributed by atoms with Crippen LogP contribution in [0.25, 0.3) is 0 Å². The molecule has 0 saturated carbocycles. The fraction of sp³-hybridized carbons (Fsp3) is 0.625. The van der Waals surface area contributed by atoms with Gasteiger partial charge in [-0.1, -0.05) is 0 Å². The lowest BCUT2D eigenvalue weighted by Gasteiger charge is -2.22. The first kappa shape index (κ1) is 17.9. The Morgan fingerprint density at radius 2 is 2.12 bits per heavy atom. The van der Waals surface area contributed by atoms with Crippen LogP contribution >= 0.6 is 0 Å². The van der Waals surface area contributed by atoms with Crippen molar-refractivity contribution in [3.8, 4) is 5.75 Å². The maximum Gasteiger partial charge on any atom is 0.239 e. The third-order valence-corrected chi connectivity index (χ3v) is 5.82. The number of pyridine rings is 1. The van der Waals surface area contributed by atoms with Crippen LogP contribution in [0.2, 0.25) is 0 Å². The van der Waals surface area contributed by atoms with E-state index in [1.165, 1.54) is 7.05 Å². The molecule has 3 rings (SSSR count). The number of hydrogen-bond donors (Lipinski definition) is 1. The van der Waals surface area contributed by atoms with E-state index in [1.54, 1.807) is 11.1 Å². The number of sulfonamides is 1. The van der Waals surface area contributed by atoms with Crippen LogP contribution in [0.1, 0.15) is 19.3 Å². The fourth-order valence-corrected chi connectivity index (χ4v) is 3.85. The van der Waals surface area contributed by atoms with E-state index in [0.29, 0.717) is 19.5 Å². The van der Waals surface area contributed by atoms with Crippen molar-refractivity contribution in [2.75, 3.05) is 43.9 Å². The number of amides is 1. The summed E-state index contributed by atoms with van der Waals surface area (Å²) in [6, 6.07) is 3.74. The minimum atomic E-state index is -3.55. The number of carbonyl (C=O) groups excluding carboxylic acids is 1. The van der Waals surface area contributed by atoms with Crippen molar-refractivity contribution in [2.24, 2.45) is 0 Å². The zero-order chi connectivity index (χ0) is 17.9. The van der Waals surface area contributed by atoms with Crippen molar-refractivity contribution >= 4 is 21.7 Å². The van der Waals surface area contributed by atoms with E-state index in [-0.39, 0.29) is 6.10 Å². The van der Waals surface area contributed by atoms with Gasteiger partial charge in [0, 0.05) is 32.3 Å². The van der Waals surface area contributed by atoms with Gasteiger partial charge in [0.2, 0.25) is 15.9 Å². The summed E-state index contributed by atoms with van der Waals surface area (Å²) in [7, 11) is -2.24. The molecule has 2 aliphatic rings. The number of nitrogens with one attached hydrogen (secondary N) is 1. The fourth-order valence-electron chi connectivity index (χ4n) is 3.20. The molecule has 25 heavy (non-hydrogen) atoms. The second-order valence-electron chi connectivity index (χ2n) is 6.35. The molecule has 0 unspecified atom stereocenters. The number of anilines is 1. The Morgan fingerprint density at radius 1 is 1.36 bits per heavy atom. The minimum Gasteiger partial charge on any atom is -0.485 e. The first-order valence-corrected chi connectivity index (χ1v) is 10.2. The third-order valence-electron chi connectivity index (χ3n) is 4.57. The molecule has 0 aromatic carbocycles. The summed E-state index contributed by atoms with van der Waals surface area (Å²) in [5.74, 6) is 0.655. The summed E-state index contributed by atoms with van der Waals surface area (Å²) < 4.78 is 31.3. The molecule has 0 spiro atoms. The molecule has 2 saturated heterocycles. The summed E-state index contributed by atoms with van der Waals surface area (Å²) >= 11 is 0. The summed E-state index contributed by atoms with van der Waals surface area (Å²) in [4.78, 5) is 20.3. The quantitative estimate of drug-likeness (QED) is 0.772. The van der Waals surface area contributed by atoms with Crippen LogP contribution in [0, 0.1) is 0 Å². The molecular formula is C16H24N4O4S. The molecule has 1 amide bonds. The minimum absolute atomic E-state index is 0.146. The van der Waals surface area contributed by atoms with E-state index >= 15 is 0 Å². The van der Waals surface area contributed by atoms with E-state index in [9.17, 15) is 13.2 Å². The van der Waals surface area contributed by atoms with Gasteiger partial charge < -0.3 is 14.5 Å². The molecule has 1 N–H and O–H groups in total. The van der Waals surface area contributed by atoms with Crippen LogP contribution < -0.4 is 14.4 Å². The summed E-state index contributed by atoms with van der Waals surface area (Å²) in [5.41, 5.74) is 0. The molecule has 2 fully saturated rings. The van der Waals surface area contributed by atoms with Gasteiger partial charge in [0.1, 0.15) is 11.9 Å². The van der Waals surface area contributed by atoms with Gasteiger partial charge in [-0.15, -0.1) is 0 Å². The summed E-state index contributed by atoms with van der Waals surface area (Å²) in [5, 5.41) is 0. The van der Waals surface area contributed by atoms with Gasteiger partial charge in [0.25, 0.3) is 0 Å². The van der Waals surface area contributed by atoms with Crippen molar-refractivity contribution in [2.45, 2.75) is 25.4 Å². The highest BCUT2D eigenvalue weighted by molar-refractivity contribution is 7.90. The van der Waals surface area contributed by atoms with Crippen molar-refractivity contribution in [1.29, 1.82) is 0 Å². The van der Waals surface area contributed by atoms with E-state index in [4.69, 9.17) is 4.74 Å². The van der Waals surface area contributed by atoms with Crippen LogP contribution in [0.5, 0.6) is 5.75 Å². The number of carbonyl (C=O) groups is 1. The topological polar surface area (TPSA) is 91.8 Å². The predicted molar refractivity (Wildman–Crippen MR) is 94.1 cm³/mol. The SMILES string of the molecule is CNS(=O)(=O)CC(=O)N1CC[C@@H](Oc2cccnc2N2CCCC2)C1. The highest BCUT2D eigenvalue weighted by atomic mass is 32.2. The van der Waals surface area contributed by atoms with Gasteiger partial charge in [-0.2, -0.15) is 0 Å². The van der Waals surface area contributed by atoms with Gasteiger partial charge in [0.05, 0.1) is 6.54 Å². The van der Waals surface area contributed by atoms with Crippen LogP contribution in [0.15, 0.2) is 18.3 Å². The maximum atomic E-state index is 12.1. The van der Waals surface area contributed by atoms with Crippen LogP contribution in [0.4, 0.5) is 5.82 Å². The molecule has 0 radical (unpaired) electrons. The second kappa shape index (κ2) is 7.57. The average molecular weight is 368 g/mol. The molecule has 2 aliphatic heterocycles. The summed E-state index contributed by atoms with van der Waals surface area (Å²) in [6.07, 6.45) is 4.60. The standard InChI is InChI=1S/C16H24N4O4S/c1-17-25(22,23)12-15(21)20-10-6-13(11-20)24-14-5-4-7-18-16(14)19-8-2-3-9-19/h4-5,7,13,17H,2-3,6,8-12H2,1H3/t13-/m1/s1. The third kappa shape index (κ3) is 4.40. The number of ether oxygens (including phenoxy) is 1. The zero-order valence-electron chi connectivity index (χ0n) is 14.3. The first-order chi connectivity index (χ1) is 12.0. The lowest BCUT2D eigenvalue weighted by atomic mass is 10.3. The van der Waals surface area contributed by atoms with Crippen LogP contribution in [-0.4, -0.2) is 69.3 Å². The monoisotopic (exact) mass is 368 g/mol. The lowest BCUT2D eigenvalue weighted by molar-refractivity contribution is -0.127. The molecular weight excluding hydrogens is 344 g/mol. The van der Waals surface area contributed by atoms with Crippen molar-refractivity contribution in [3.05, 3.63) is 18.3 Å². The average Bonchev–Trinajstić information content (AvgIpc) is 3.27. The van der Waals surface area contributed by atoms with Crippen molar-refractivity contribution in [1.82, 2.24) is 14.6 Å². The largest absolute Gasteiger partial charge is 0.485 e. The second-order valence-corrected chi connectivity index (χ2v) is 8.28. The van der Waals surface area contributed by atoms with Crippen molar-refractivity contribution in [3.63, 3.8) is 0 Å². The Morgan fingerprint density at radius 3 is 2.84 bits per heavy atom. The number of nitrogens with zero attached hydrogens (tertiary/aromatic N) is 3. The molecule has 1 aromatic rings. The Labute approximate surface area is 148 Å². The van der Waals surface area contributed by atoms with E-state index in [2.05, 4.69) is 14.6 Å². The molecule has 3 heterocycles. The Bertz CT molecular complexity index is 719. The molecule has 138 valence electrons. The molecule has 9 heteroatoms. The Kier molecular flexibility index (Phi) is 5.43. The first-order valence-electron chi connectivity index (χ1n) is 8.54. The zero-order valence-corrected chi connectivity index (χ0v) is 15.2. The number of aromatic nitrogens is 1. The molecule has 1 atom stereocenters. The molecule has 8 nitrogen and oxygen atoms in total. The Balaban J connectivity index is 1.61. The normalized spacial score (nSPS) is 20.9. The Hall–Kier alpha value is -1.87. The number of hydrogen-bond acceptors (Lipinski definition) is 6. The van der Waals surface area contributed by atoms with Gasteiger partial charge >= 0.3 is 0 Å². The number of rotatable bonds is 6. The molecule has 0 aliphatic carbocycles. The maximum absolute atomic E-state index is 12.1. The molecule has 1 aromatic heterocycles. The van der Waals surface area contributed by atoms with E-state index in [1.807, 2.05) is 12.1 Å². The number of likely N-dealkylation sites (tertiary alicyclic amines) is 1. The highest BCUT2D eigenvalue weighted by Crippen LogP contribution is 2.30. The predicted octanol–water partition coefficient (Wildman–Crippen LogP) is 0.211. The van der Waals surface area contributed by atoms with Crippen LogP contribution in [0.3, 0.4) is 0 Å². The van der Waals surface area contributed by atoms with Gasteiger partial charge in [-0.05, 0) is 32.0 Å². The smallest absolute Gasteiger partial charge is 0.239 e. The highest BCUT2D eigenvalue weighted by Gasteiger charge is 2.30. The van der Waals surface area contributed by atoms with Gasteiger partial charge in [0.15, 0.2) is 11.6 Å². The van der Waals surface area contributed by atoms with Gasteiger partial charge in [-0.25, -0.2) is 18.1 Å².